The van der Waals surface area contributed by atoms with Gasteiger partial charge in [-0.3, -0.25) is 20.2 Å². The summed E-state index contributed by atoms with van der Waals surface area (Å²) in [5.41, 5.74) is -0.149. The largest absolute Gasteiger partial charge is 0.496 e. The van der Waals surface area contributed by atoms with E-state index in [1.54, 1.807) is 0 Å². The third kappa shape index (κ3) is 7.57. The maximum absolute atomic E-state index is 14.8. The molecule has 0 aromatic heterocycles. The van der Waals surface area contributed by atoms with E-state index in [4.69, 9.17) is 9.47 Å². The molecular formula is C32H26F2N2O8S. The summed E-state index contributed by atoms with van der Waals surface area (Å²) in [5.74, 6) is -0.990. The first-order valence-corrected chi connectivity index (χ1v) is 14.8. The van der Waals surface area contributed by atoms with Crippen LogP contribution in [0.4, 0.5) is 20.2 Å². The summed E-state index contributed by atoms with van der Waals surface area (Å²) in [4.78, 5) is 22.0. The third-order valence-corrected chi connectivity index (χ3v) is 9.07. The van der Waals surface area contributed by atoms with Gasteiger partial charge >= 0.3 is 0 Å². The van der Waals surface area contributed by atoms with Crippen LogP contribution in [0.2, 0.25) is 0 Å². The number of nitrogens with zero attached hydrogens (tertiary/aromatic N) is 2. The van der Waals surface area contributed by atoms with Crippen LogP contribution in [-0.4, -0.2) is 32.5 Å². The standard InChI is InChI=1S/C32H26F2N2O8S/c1-43-29-15-13-25(35(37)38)19-27(29)31(17-7-21-3-9-23(33)10-4-21)45(41,42)32(18-8-22-5-11-24(34)12-6-22)28-20-26(36(39)40)14-16-30(28)44-2/h3-20,31-32H,1-2H3. The van der Waals surface area contributed by atoms with Crippen molar-refractivity contribution >= 4 is 33.4 Å². The summed E-state index contributed by atoms with van der Waals surface area (Å²) in [6.07, 6.45) is 5.36. The molecule has 0 saturated heterocycles. The van der Waals surface area contributed by atoms with E-state index in [0.29, 0.717) is 11.1 Å². The van der Waals surface area contributed by atoms with Crippen LogP contribution in [0, 0.1) is 31.9 Å². The fraction of sp³-hybridized carbons (Fsp3) is 0.125. The first-order chi connectivity index (χ1) is 21.4. The highest BCUT2D eigenvalue weighted by Crippen LogP contribution is 2.44. The van der Waals surface area contributed by atoms with Gasteiger partial charge in [-0.25, -0.2) is 17.2 Å². The topological polar surface area (TPSA) is 139 Å². The average molecular weight is 637 g/mol. The van der Waals surface area contributed by atoms with E-state index in [-0.39, 0.29) is 22.6 Å². The molecule has 0 bridgehead atoms. The second-order valence-electron chi connectivity index (χ2n) is 9.62. The normalized spacial score (nSPS) is 13.1. The molecule has 4 aromatic carbocycles. The summed E-state index contributed by atoms with van der Waals surface area (Å²) in [6, 6.07) is 17.4. The van der Waals surface area contributed by atoms with E-state index in [1.807, 2.05) is 0 Å². The summed E-state index contributed by atoms with van der Waals surface area (Å²) < 4.78 is 67.6. The predicted molar refractivity (Wildman–Crippen MR) is 165 cm³/mol. The van der Waals surface area contributed by atoms with E-state index in [0.717, 1.165) is 24.3 Å². The number of halogens is 2. The predicted octanol–water partition coefficient (Wildman–Crippen LogP) is 7.42. The molecule has 0 saturated carbocycles. The molecule has 0 heterocycles. The Morgan fingerprint density at radius 1 is 0.644 bits per heavy atom. The van der Waals surface area contributed by atoms with Gasteiger partial charge < -0.3 is 9.47 Å². The van der Waals surface area contributed by atoms with E-state index in [2.05, 4.69) is 0 Å². The Balaban J connectivity index is 2.01. The molecule has 232 valence electrons. The Labute approximate surface area is 257 Å². The summed E-state index contributed by atoms with van der Waals surface area (Å²) in [7, 11) is -2.06. The van der Waals surface area contributed by atoms with Gasteiger partial charge in [-0.2, -0.15) is 0 Å². The Morgan fingerprint density at radius 2 is 1.00 bits per heavy atom. The van der Waals surface area contributed by atoms with Crippen molar-refractivity contribution in [2.75, 3.05) is 14.2 Å². The Kier molecular flexibility index (Phi) is 10.0. The smallest absolute Gasteiger partial charge is 0.270 e. The fourth-order valence-electron chi connectivity index (χ4n) is 4.60. The van der Waals surface area contributed by atoms with E-state index >= 15 is 0 Å². The second-order valence-corrected chi connectivity index (χ2v) is 11.8. The zero-order chi connectivity index (χ0) is 32.7. The monoisotopic (exact) mass is 636 g/mol. The van der Waals surface area contributed by atoms with Crippen molar-refractivity contribution in [3.05, 3.63) is 151 Å². The van der Waals surface area contributed by atoms with Gasteiger partial charge in [-0.15, -0.1) is 0 Å². The van der Waals surface area contributed by atoms with Gasteiger partial charge in [0.05, 0.1) is 24.1 Å². The zero-order valence-corrected chi connectivity index (χ0v) is 24.7. The van der Waals surface area contributed by atoms with Gasteiger partial charge in [-0.1, -0.05) is 48.6 Å². The third-order valence-electron chi connectivity index (χ3n) is 6.84. The van der Waals surface area contributed by atoms with Crippen molar-refractivity contribution in [1.29, 1.82) is 0 Å². The number of methoxy groups -OCH3 is 2. The first kappa shape index (κ1) is 32.5. The summed E-state index contributed by atoms with van der Waals surface area (Å²) >= 11 is 0. The molecule has 0 fully saturated rings. The second kappa shape index (κ2) is 13.9. The minimum absolute atomic E-state index is 0.0187. The number of non-ortho nitro benzene ring substituents is 2. The number of ether oxygens (including phenoxy) is 2. The highest BCUT2D eigenvalue weighted by Gasteiger charge is 2.38. The molecule has 2 unspecified atom stereocenters. The maximum atomic E-state index is 14.8. The highest BCUT2D eigenvalue weighted by atomic mass is 32.2. The van der Waals surface area contributed by atoms with Crippen LogP contribution >= 0.6 is 0 Å². The van der Waals surface area contributed by atoms with Crippen LogP contribution in [0.25, 0.3) is 12.2 Å². The molecule has 4 aromatic rings. The lowest BCUT2D eigenvalue weighted by Crippen LogP contribution is -2.20. The Bertz CT molecular complexity index is 1750. The van der Waals surface area contributed by atoms with Gasteiger partial charge in [0.2, 0.25) is 0 Å². The molecule has 10 nitrogen and oxygen atoms in total. The molecule has 0 N–H and O–H groups in total. The molecule has 0 radical (unpaired) electrons. The lowest BCUT2D eigenvalue weighted by molar-refractivity contribution is -0.385. The van der Waals surface area contributed by atoms with Crippen molar-refractivity contribution in [3.63, 3.8) is 0 Å². The van der Waals surface area contributed by atoms with Gasteiger partial charge in [-0.05, 0) is 47.5 Å². The lowest BCUT2D eigenvalue weighted by Gasteiger charge is -2.24. The van der Waals surface area contributed by atoms with Gasteiger partial charge in [0, 0.05) is 35.4 Å². The van der Waals surface area contributed by atoms with E-state index < -0.39 is 53.2 Å². The van der Waals surface area contributed by atoms with Crippen molar-refractivity contribution in [2.24, 2.45) is 0 Å². The first-order valence-electron chi connectivity index (χ1n) is 13.2. The van der Waals surface area contributed by atoms with Crippen LogP contribution in [-0.2, 0) is 9.84 Å². The molecular weight excluding hydrogens is 610 g/mol. The fourth-order valence-corrected chi connectivity index (χ4v) is 6.59. The molecule has 0 aliphatic rings. The molecule has 0 aliphatic heterocycles. The van der Waals surface area contributed by atoms with Gasteiger partial charge in [0.25, 0.3) is 11.4 Å². The SMILES string of the molecule is COc1ccc([N+](=O)[O-])cc1C(C=Cc1ccc(F)cc1)S(=O)(=O)C(C=Cc1ccc(F)cc1)c1cc([N+](=O)[O-])ccc1OC. The Hall–Kier alpha value is -5.43. The van der Waals surface area contributed by atoms with Crippen molar-refractivity contribution in [3.8, 4) is 11.5 Å². The van der Waals surface area contributed by atoms with Crippen LogP contribution in [0.5, 0.6) is 11.5 Å². The molecule has 4 rings (SSSR count). The molecule has 2 atom stereocenters. The number of benzene rings is 4. The molecule has 13 heteroatoms. The summed E-state index contributed by atoms with van der Waals surface area (Å²) in [5, 5.41) is 20.1. The number of nitro groups is 2. The average Bonchev–Trinajstić information content (AvgIpc) is 3.02. The number of sulfone groups is 1. The minimum atomic E-state index is -4.60. The number of hydrogen-bond donors (Lipinski definition) is 0. The summed E-state index contributed by atoms with van der Waals surface area (Å²) in [6.45, 7) is 0. The number of rotatable bonds is 12. The van der Waals surface area contributed by atoms with Crippen LogP contribution < -0.4 is 9.47 Å². The highest BCUT2D eigenvalue weighted by molar-refractivity contribution is 7.92. The molecule has 0 amide bonds. The van der Waals surface area contributed by atoms with Crippen LogP contribution in [0.15, 0.2) is 97.1 Å². The van der Waals surface area contributed by atoms with E-state index in [9.17, 15) is 37.4 Å². The zero-order valence-electron chi connectivity index (χ0n) is 23.9. The van der Waals surface area contributed by atoms with Gasteiger partial charge in [0.15, 0.2) is 9.84 Å². The van der Waals surface area contributed by atoms with Gasteiger partial charge in [0.1, 0.15) is 33.6 Å². The van der Waals surface area contributed by atoms with Crippen LogP contribution in [0.3, 0.4) is 0 Å². The molecule has 0 spiro atoms. The van der Waals surface area contributed by atoms with Crippen molar-refractivity contribution < 1.29 is 36.5 Å². The maximum Gasteiger partial charge on any atom is 0.270 e. The van der Waals surface area contributed by atoms with E-state index in [1.165, 1.54) is 99.2 Å². The van der Waals surface area contributed by atoms with Crippen LogP contribution in [0.1, 0.15) is 32.8 Å². The van der Waals surface area contributed by atoms with Crippen molar-refractivity contribution in [2.45, 2.75) is 10.5 Å². The quantitative estimate of drug-likeness (QED) is 0.116. The molecule has 45 heavy (non-hydrogen) atoms. The lowest BCUT2D eigenvalue weighted by atomic mass is 10.1. The van der Waals surface area contributed by atoms with Crippen molar-refractivity contribution in [1.82, 2.24) is 0 Å². The number of hydrogen-bond acceptors (Lipinski definition) is 8. The minimum Gasteiger partial charge on any atom is -0.496 e. The molecule has 0 aliphatic carbocycles. The number of nitro benzene ring substituents is 2. The Morgan fingerprint density at radius 3 is 1.31 bits per heavy atom.